The van der Waals surface area contributed by atoms with Crippen LogP contribution >= 0.6 is 24.0 Å². The molecule has 0 saturated carbocycles. The van der Waals surface area contributed by atoms with Crippen molar-refractivity contribution in [2.24, 2.45) is 4.99 Å². The molecule has 3 aromatic rings. The van der Waals surface area contributed by atoms with Crippen LogP contribution in [0.4, 0.5) is 5.82 Å². The van der Waals surface area contributed by atoms with Gasteiger partial charge in [0, 0.05) is 49.5 Å². The van der Waals surface area contributed by atoms with Crippen molar-refractivity contribution in [1.29, 1.82) is 0 Å². The Bertz CT molecular complexity index is 915. The van der Waals surface area contributed by atoms with E-state index in [0.29, 0.717) is 6.54 Å². The summed E-state index contributed by atoms with van der Waals surface area (Å²) in [7, 11) is 0. The van der Waals surface area contributed by atoms with Crippen LogP contribution in [0.1, 0.15) is 31.9 Å². The number of pyridine rings is 1. The molecule has 30 heavy (non-hydrogen) atoms. The van der Waals surface area contributed by atoms with Crippen LogP contribution in [0, 0.1) is 0 Å². The van der Waals surface area contributed by atoms with Gasteiger partial charge in [-0.3, -0.25) is 0 Å². The van der Waals surface area contributed by atoms with Crippen LogP contribution in [-0.4, -0.2) is 42.1 Å². The minimum atomic E-state index is 0. The summed E-state index contributed by atoms with van der Waals surface area (Å²) in [4.78, 5) is 14.9. The lowest BCUT2D eigenvalue weighted by Crippen LogP contribution is -2.38. The van der Waals surface area contributed by atoms with Crippen molar-refractivity contribution in [2.45, 2.75) is 33.7 Å². The summed E-state index contributed by atoms with van der Waals surface area (Å²) in [6, 6.07) is 12.6. The van der Waals surface area contributed by atoms with Gasteiger partial charge in [-0.05, 0) is 50.5 Å². The third-order valence-corrected chi connectivity index (χ3v) is 5.02. The molecule has 0 fully saturated rings. The second-order valence-electron chi connectivity index (χ2n) is 6.93. The molecule has 0 unspecified atom stereocenters. The predicted octanol–water partition coefficient (Wildman–Crippen LogP) is 4.32. The smallest absolute Gasteiger partial charge is 0.191 e. The first-order chi connectivity index (χ1) is 14.2. The zero-order valence-electron chi connectivity index (χ0n) is 18.1. The third kappa shape index (κ3) is 6.35. The number of H-pyrrole nitrogens is 1. The monoisotopic (exact) mass is 520 g/mol. The first-order valence-corrected chi connectivity index (χ1v) is 10.5. The Morgan fingerprint density at radius 1 is 1.07 bits per heavy atom. The van der Waals surface area contributed by atoms with E-state index in [2.05, 4.69) is 88.9 Å². The molecule has 3 N–H and O–H groups in total. The van der Waals surface area contributed by atoms with Gasteiger partial charge in [0.1, 0.15) is 5.82 Å². The molecule has 0 spiro atoms. The number of hydrogen-bond donors (Lipinski definition) is 3. The van der Waals surface area contributed by atoms with E-state index >= 15 is 0 Å². The molecule has 162 valence electrons. The number of nitrogens with one attached hydrogen (secondary N) is 3. The summed E-state index contributed by atoms with van der Waals surface area (Å²) in [5.41, 5.74) is 3.61. The van der Waals surface area contributed by atoms with Gasteiger partial charge in [0.15, 0.2) is 5.96 Å². The van der Waals surface area contributed by atoms with E-state index < -0.39 is 0 Å². The van der Waals surface area contributed by atoms with Gasteiger partial charge in [0.05, 0.1) is 6.54 Å². The fourth-order valence-electron chi connectivity index (χ4n) is 3.41. The van der Waals surface area contributed by atoms with Crippen molar-refractivity contribution in [3.8, 4) is 0 Å². The largest absolute Gasteiger partial charge is 0.361 e. The van der Waals surface area contributed by atoms with Crippen molar-refractivity contribution in [3.05, 3.63) is 59.9 Å². The number of hydrogen-bond acceptors (Lipinski definition) is 3. The Morgan fingerprint density at radius 3 is 2.57 bits per heavy atom. The number of aromatic nitrogens is 2. The van der Waals surface area contributed by atoms with Crippen LogP contribution in [0.2, 0.25) is 0 Å². The molecule has 0 bridgehead atoms. The molecule has 6 nitrogen and oxygen atoms in total. The van der Waals surface area contributed by atoms with Crippen molar-refractivity contribution in [1.82, 2.24) is 20.6 Å². The van der Waals surface area contributed by atoms with E-state index in [1.165, 1.54) is 16.5 Å². The van der Waals surface area contributed by atoms with Gasteiger partial charge in [0.25, 0.3) is 0 Å². The second-order valence-corrected chi connectivity index (χ2v) is 6.93. The number of nitrogens with zero attached hydrogens (tertiary/aromatic N) is 3. The summed E-state index contributed by atoms with van der Waals surface area (Å²) in [5.74, 6) is 1.85. The van der Waals surface area contributed by atoms with Crippen molar-refractivity contribution in [3.63, 3.8) is 0 Å². The molecule has 0 aliphatic heterocycles. The molecule has 1 aromatic carbocycles. The molecular formula is C23H33IN6. The predicted molar refractivity (Wildman–Crippen MR) is 138 cm³/mol. The second kappa shape index (κ2) is 12.4. The normalized spacial score (nSPS) is 11.2. The SMILES string of the molecule is CCNC(=NCc1ccc(N(CC)CC)nc1)NCCc1c[nH]c2ccccc12.I. The number of rotatable bonds is 9. The first kappa shape index (κ1) is 24.0. The fraction of sp³-hybridized carbons (Fsp3) is 0.391. The highest BCUT2D eigenvalue weighted by molar-refractivity contribution is 14.0. The standard InChI is InChI=1S/C23H32N6.HI/c1-4-24-23(25-14-13-19-17-26-21-10-8-7-9-20(19)21)28-16-18-11-12-22(27-15-18)29(5-2)6-3;/h7-12,15,17,26H,4-6,13-14,16H2,1-3H3,(H2,24,25,28);1H. The molecule has 0 aliphatic rings. The molecule has 0 aliphatic carbocycles. The third-order valence-electron chi connectivity index (χ3n) is 5.02. The van der Waals surface area contributed by atoms with Gasteiger partial charge in [-0.25, -0.2) is 9.98 Å². The lowest BCUT2D eigenvalue weighted by atomic mass is 10.1. The molecule has 3 rings (SSSR count). The summed E-state index contributed by atoms with van der Waals surface area (Å²) in [6.45, 7) is 10.6. The van der Waals surface area contributed by atoms with Gasteiger partial charge in [-0.1, -0.05) is 24.3 Å². The average molecular weight is 520 g/mol. The fourth-order valence-corrected chi connectivity index (χ4v) is 3.41. The highest BCUT2D eigenvalue weighted by atomic mass is 127. The van der Waals surface area contributed by atoms with E-state index in [-0.39, 0.29) is 24.0 Å². The topological polar surface area (TPSA) is 68.3 Å². The molecule has 7 heteroatoms. The summed E-state index contributed by atoms with van der Waals surface area (Å²) in [6.07, 6.45) is 4.96. The number of aliphatic imine (C=N–C) groups is 1. The quantitative estimate of drug-likeness (QED) is 0.223. The van der Waals surface area contributed by atoms with Gasteiger partial charge in [-0.15, -0.1) is 24.0 Å². The Balaban J connectivity index is 0.00000320. The lowest BCUT2D eigenvalue weighted by molar-refractivity contribution is 0.800. The van der Waals surface area contributed by atoms with Crippen molar-refractivity contribution in [2.75, 3.05) is 31.1 Å². The summed E-state index contributed by atoms with van der Waals surface area (Å²) >= 11 is 0. The molecule has 0 radical (unpaired) electrons. The Kier molecular flexibility index (Phi) is 9.93. The number of anilines is 1. The number of fused-ring (bicyclic) bond motifs is 1. The first-order valence-electron chi connectivity index (χ1n) is 10.5. The van der Waals surface area contributed by atoms with Gasteiger partial charge >= 0.3 is 0 Å². The van der Waals surface area contributed by atoms with E-state index in [9.17, 15) is 0 Å². The van der Waals surface area contributed by atoms with Crippen LogP contribution in [-0.2, 0) is 13.0 Å². The van der Waals surface area contributed by atoms with Crippen LogP contribution in [0.25, 0.3) is 10.9 Å². The van der Waals surface area contributed by atoms with E-state index in [4.69, 9.17) is 4.99 Å². The van der Waals surface area contributed by atoms with E-state index in [0.717, 1.165) is 49.9 Å². The molecule has 2 aromatic heterocycles. The van der Waals surface area contributed by atoms with Gasteiger partial charge in [-0.2, -0.15) is 0 Å². The van der Waals surface area contributed by atoms with Crippen LogP contribution < -0.4 is 15.5 Å². The molecule has 0 amide bonds. The maximum Gasteiger partial charge on any atom is 0.191 e. The van der Waals surface area contributed by atoms with E-state index in [1.54, 1.807) is 0 Å². The maximum atomic E-state index is 4.71. The Hall–Kier alpha value is -2.29. The highest BCUT2D eigenvalue weighted by Gasteiger charge is 2.05. The number of benzene rings is 1. The summed E-state index contributed by atoms with van der Waals surface area (Å²) < 4.78 is 0. The van der Waals surface area contributed by atoms with Crippen molar-refractivity contribution < 1.29 is 0 Å². The van der Waals surface area contributed by atoms with Gasteiger partial charge < -0.3 is 20.5 Å². The number of guanidine groups is 1. The Morgan fingerprint density at radius 2 is 1.87 bits per heavy atom. The van der Waals surface area contributed by atoms with Crippen LogP contribution in [0.15, 0.2) is 53.8 Å². The van der Waals surface area contributed by atoms with Crippen LogP contribution in [0.5, 0.6) is 0 Å². The zero-order chi connectivity index (χ0) is 20.5. The number of halogens is 1. The number of aromatic amines is 1. The molecule has 2 heterocycles. The minimum absolute atomic E-state index is 0. The van der Waals surface area contributed by atoms with E-state index in [1.807, 2.05) is 6.20 Å². The average Bonchev–Trinajstić information content (AvgIpc) is 3.17. The zero-order valence-corrected chi connectivity index (χ0v) is 20.4. The van der Waals surface area contributed by atoms with Crippen molar-refractivity contribution >= 4 is 46.7 Å². The maximum absolute atomic E-state index is 4.71. The van der Waals surface area contributed by atoms with Gasteiger partial charge in [0.2, 0.25) is 0 Å². The molecular weight excluding hydrogens is 487 g/mol. The summed E-state index contributed by atoms with van der Waals surface area (Å²) in [5, 5.41) is 8.05. The molecule has 0 saturated heterocycles. The molecule has 0 atom stereocenters. The number of para-hydroxylation sites is 1. The lowest BCUT2D eigenvalue weighted by Gasteiger charge is -2.19. The Labute approximate surface area is 196 Å². The minimum Gasteiger partial charge on any atom is -0.361 e. The van der Waals surface area contributed by atoms with Crippen LogP contribution in [0.3, 0.4) is 0 Å². The highest BCUT2D eigenvalue weighted by Crippen LogP contribution is 2.17.